The number of ether oxygens (including phenoxy) is 1. The third-order valence-electron chi connectivity index (χ3n) is 2.78. The smallest absolute Gasteiger partial charge is 0.293 e. The molecule has 2 aromatic rings. The fourth-order valence-electron chi connectivity index (χ4n) is 1.78. The quantitative estimate of drug-likeness (QED) is 0.780. The molecule has 0 saturated heterocycles. The van der Waals surface area contributed by atoms with Crippen molar-refractivity contribution in [2.75, 3.05) is 6.61 Å². The van der Waals surface area contributed by atoms with Gasteiger partial charge in [0.1, 0.15) is 6.61 Å². The molecule has 0 N–H and O–H groups in total. The average molecular weight is 266 g/mol. The predicted molar refractivity (Wildman–Crippen MR) is 76.7 cm³/mol. The molecule has 0 bridgehead atoms. The van der Waals surface area contributed by atoms with Gasteiger partial charge in [-0.15, -0.1) is 0 Å². The fraction of sp³-hybridized carbons (Fsp3) is 0.125. The minimum Gasteiger partial charge on any atom is -0.484 e. The second-order valence-electron chi connectivity index (χ2n) is 4.21. The standard InChI is InChI=1S/C16H14N2O2/c1-2-10-20-15-4-3-9-18(16(15)19)12-14-7-5-13(11-17)6-8-14/h2-9H,1,10,12H2. The monoisotopic (exact) mass is 266 g/mol. The van der Waals surface area contributed by atoms with Gasteiger partial charge in [-0.2, -0.15) is 5.26 Å². The van der Waals surface area contributed by atoms with Gasteiger partial charge >= 0.3 is 0 Å². The number of pyridine rings is 1. The van der Waals surface area contributed by atoms with Crippen LogP contribution < -0.4 is 10.3 Å². The minimum atomic E-state index is -0.182. The molecule has 1 aromatic carbocycles. The summed E-state index contributed by atoms with van der Waals surface area (Å²) in [4.78, 5) is 12.2. The molecule has 0 aliphatic heterocycles. The van der Waals surface area contributed by atoms with E-state index < -0.39 is 0 Å². The van der Waals surface area contributed by atoms with E-state index in [1.54, 1.807) is 41.1 Å². The van der Waals surface area contributed by atoms with E-state index in [1.807, 2.05) is 12.1 Å². The third-order valence-corrected chi connectivity index (χ3v) is 2.78. The largest absolute Gasteiger partial charge is 0.484 e. The zero-order chi connectivity index (χ0) is 14.4. The molecule has 20 heavy (non-hydrogen) atoms. The zero-order valence-electron chi connectivity index (χ0n) is 11.0. The van der Waals surface area contributed by atoms with Crippen molar-refractivity contribution in [3.63, 3.8) is 0 Å². The molecule has 2 rings (SSSR count). The zero-order valence-corrected chi connectivity index (χ0v) is 11.0. The van der Waals surface area contributed by atoms with E-state index in [0.29, 0.717) is 24.5 Å². The molecule has 4 nitrogen and oxygen atoms in total. The third kappa shape index (κ3) is 3.15. The molecule has 0 fully saturated rings. The SMILES string of the molecule is C=CCOc1cccn(Cc2ccc(C#N)cc2)c1=O. The number of nitriles is 1. The Bertz CT molecular complexity index is 694. The molecule has 0 aliphatic rings. The van der Waals surface area contributed by atoms with Crippen molar-refractivity contribution in [3.8, 4) is 11.8 Å². The summed E-state index contributed by atoms with van der Waals surface area (Å²) in [6.07, 6.45) is 3.30. The number of nitrogens with zero attached hydrogens (tertiary/aromatic N) is 2. The highest BCUT2D eigenvalue weighted by Crippen LogP contribution is 2.07. The van der Waals surface area contributed by atoms with Crippen LogP contribution in [0.3, 0.4) is 0 Å². The van der Waals surface area contributed by atoms with E-state index in [9.17, 15) is 4.79 Å². The van der Waals surface area contributed by atoms with Crippen molar-refractivity contribution >= 4 is 0 Å². The highest BCUT2D eigenvalue weighted by atomic mass is 16.5. The number of benzene rings is 1. The molecular weight excluding hydrogens is 252 g/mol. The molecule has 0 saturated carbocycles. The van der Waals surface area contributed by atoms with Crippen LogP contribution in [-0.2, 0) is 6.54 Å². The van der Waals surface area contributed by atoms with Crippen LogP contribution in [0.4, 0.5) is 0 Å². The Hall–Kier alpha value is -2.80. The number of hydrogen-bond donors (Lipinski definition) is 0. The summed E-state index contributed by atoms with van der Waals surface area (Å²) in [7, 11) is 0. The lowest BCUT2D eigenvalue weighted by atomic mass is 10.1. The molecule has 0 aliphatic carbocycles. The van der Waals surface area contributed by atoms with Gasteiger partial charge in [0.05, 0.1) is 18.2 Å². The molecule has 0 radical (unpaired) electrons. The molecule has 1 aromatic heterocycles. The molecular formula is C16H14N2O2. The second-order valence-corrected chi connectivity index (χ2v) is 4.21. The first-order valence-corrected chi connectivity index (χ1v) is 6.17. The van der Waals surface area contributed by atoms with Crippen molar-refractivity contribution in [1.82, 2.24) is 4.57 Å². The van der Waals surface area contributed by atoms with Gasteiger partial charge in [0.25, 0.3) is 5.56 Å². The summed E-state index contributed by atoms with van der Waals surface area (Å²) in [5.41, 5.74) is 1.37. The second kappa shape index (κ2) is 6.39. The van der Waals surface area contributed by atoms with E-state index in [-0.39, 0.29) is 5.56 Å². The van der Waals surface area contributed by atoms with E-state index in [0.717, 1.165) is 5.56 Å². The molecule has 0 spiro atoms. The van der Waals surface area contributed by atoms with Gasteiger partial charge in [-0.05, 0) is 29.8 Å². The summed E-state index contributed by atoms with van der Waals surface area (Å²) < 4.78 is 6.88. The van der Waals surface area contributed by atoms with Crippen molar-refractivity contribution in [3.05, 3.63) is 76.7 Å². The Kier molecular flexibility index (Phi) is 4.35. The molecule has 1 heterocycles. The van der Waals surface area contributed by atoms with Crippen LogP contribution in [-0.4, -0.2) is 11.2 Å². The molecule has 4 heteroatoms. The molecule has 100 valence electrons. The van der Waals surface area contributed by atoms with Gasteiger partial charge in [-0.1, -0.05) is 24.8 Å². The van der Waals surface area contributed by atoms with Crippen molar-refractivity contribution in [2.45, 2.75) is 6.54 Å². The summed E-state index contributed by atoms with van der Waals surface area (Å²) in [5, 5.41) is 8.75. The number of hydrogen-bond acceptors (Lipinski definition) is 3. The van der Waals surface area contributed by atoms with E-state index in [2.05, 4.69) is 12.6 Å². The maximum atomic E-state index is 12.2. The molecule has 0 atom stereocenters. The van der Waals surface area contributed by atoms with Gasteiger partial charge in [0, 0.05) is 6.20 Å². The lowest BCUT2D eigenvalue weighted by Gasteiger charge is -2.08. The summed E-state index contributed by atoms with van der Waals surface area (Å²) in [5.74, 6) is 0.307. The number of aromatic nitrogens is 1. The Morgan fingerprint density at radius 2 is 2.05 bits per heavy atom. The van der Waals surface area contributed by atoms with Crippen LogP contribution in [0, 0.1) is 11.3 Å². The van der Waals surface area contributed by atoms with Crippen LogP contribution in [0.15, 0.2) is 60.0 Å². The molecule has 0 amide bonds. The number of rotatable bonds is 5. The van der Waals surface area contributed by atoms with Crippen molar-refractivity contribution in [2.24, 2.45) is 0 Å². The first-order chi connectivity index (χ1) is 9.74. The van der Waals surface area contributed by atoms with Crippen LogP contribution in [0.2, 0.25) is 0 Å². The van der Waals surface area contributed by atoms with Crippen LogP contribution >= 0.6 is 0 Å². The van der Waals surface area contributed by atoms with Crippen molar-refractivity contribution in [1.29, 1.82) is 5.26 Å². The highest BCUT2D eigenvalue weighted by Gasteiger charge is 2.04. The van der Waals surface area contributed by atoms with Crippen LogP contribution in [0.1, 0.15) is 11.1 Å². The molecule has 0 unspecified atom stereocenters. The van der Waals surface area contributed by atoms with Crippen LogP contribution in [0.25, 0.3) is 0 Å². The Morgan fingerprint density at radius 1 is 1.30 bits per heavy atom. The van der Waals surface area contributed by atoms with Gasteiger partial charge in [-0.25, -0.2) is 0 Å². The Morgan fingerprint density at radius 3 is 2.70 bits per heavy atom. The predicted octanol–water partition coefficient (Wildman–Crippen LogP) is 2.33. The van der Waals surface area contributed by atoms with E-state index in [1.165, 1.54) is 0 Å². The Labute approximate surface area is 117 Å². The summed E-state index contributed by atoms with van der Waals surface area (Å²) >= 11 is 0. The van der Waals surface area contributed by atoms with Gasteiger partial charge in [-0.3, -0.25) is 4.79 Å². The van der Waals surface area contributed by atoms with E-state index in [4.69, 9.17) is 10.00 Å². The Balaban J connectivity index is 2.22. The van der Waals surface area contributed by atoms with Gasteiger partial charge in [0.2, 0.25) is 0 Å². The van der Waals surface area contributed by atoms with Crippen LogP contribution in [0.5, 0.6) is 5.75 Å². The fourth-order valence-corrected chi connectivity index (χ4v) is 1.78. The maximum Gasteiger partial charge on any atom is 0.293 e. The topological polar surface area (TPSA) is 55.0 Å². The summed E-state index contributed by atoms with van der Waals surface area (Å²) in [6.45, 7) is 4.29. The van der Waals surface area contributed by atoms with E-state index >= 15 is 0 Å². The van der Waals surface area contributed by atoms with Gasteiger partial charge in [0.15, 0.2) is 5.75 Å². The maximum absolute atomic E-state index is 12.2. The first kappa shape index (κ1) is 13.6. The van der Waals surface area contributed by atoms with Crippen molar-refractivity contribution < 1.29 is 4.74 Å². The lowest BCUT2D eigenvalue weighted by Crippen LogP contribution is -2.21. The highest BCUT2D eigenvalue weighted by molar-refractivity contribution is 5.32. The lowest BCUT2D eigenvalue weighted by molar-refractivity contribution is 0.354. The minimum absolute atomic E-state index is 0.182. The summed E-state index contributed by atoms with van der Waals surface area (Å²) in [6, 6.07) is 12.6. The average Bonchev–Trinajstić information content (AvgIpc) is 2.49. The first-order valence-electron chi connectivity index (χ1n) is 6.17. The van der Waals surface area contributed by atoms with Gasteiger partial charge < -0.3 is 9.30 Å². The normalized spacial score (nSPS) is 9.75.